The molecule has 0 radical (unpaired) electrons. The summed E-state index contributed by atoms with van der Waals surface area (Å²) in [6.07, 6.45) is 15.2. The maximum Gasteiger partial charge on any atom is 0.337 e. The molecule has 1 saturated carbocycles. The van der Waals surface area contributed by atoms with Crippen LogP contribution in [0.2, 0.25) is 0 Å². The molecule has 2 heteroatoms. The molecule has 0 bridgehead atoms. The summed E-state index contributed by atoms with van der Waals surface area (Å²) in [4.78, 5) is 11.5. The first kappa shape index (κ1) is 15.3. The molecule has 2 aliphatic rings. The number of methoxy groups -OCH3 is 1. The lowest BCUT2D eigenvalue weighted by molar-refractivity contribution is 0.0600. The number of esters is 1. The number of carbonyl (C=O) groups excluding carboxylic acids is 1. The van der Waals surface area contributed by atoms with Gasteiger partial charge >= 0.3 is 5.97 Å². The minimum atomic E-state index is -0.248. The van der Waals surface area contributed by atoms with E-state index in [9.17, 15) is 4.79 Å². The lowest BCUT2D eigenvalue weighted by Crippen LogP contribution is -2.09. The molecule has 0 N–H and O–H groups in total. The molecule has 1 fully saturated rings. The highest BCUT2D eigenvalue weighted by atomic mass is 16.5. The van der Waals surface area contributed by atoms with E-state index in [4.69, 9.17) is 4.74 Å². The molecule has 0 amide bonds. The Balaban J connectivity index is 1.54. The molecular weight excluding hydrogens is 272 g/mol. The summed E-state index contributed by atoms with van der Waals surface area (Å²) in [5.74, 6) is 0.657. The molecule has 118 valence electrons. The van der Waals surface area contributed by atoms with Crippen LogP contribution in [0.25, 0.3) is 0 Å². The lowest BCUT2D eigenvalue weighted by atomic mass is 9.85. The first-order valence-electron chi connectivity index (χ1n) is 8.57. The normalized spacial score (nSPS) is 22.3. The summed E-state index contributed by atoms with van der Waals surface area (Å²) < 4.78 is 4.76. The van der Waals surface area contributed by atoms with Crippen LogP contribution in [0.3, 0.4) is 0 Å². The van der Waals surface area contributed by atoms with Gasteiger partial charge in [-0.1, -0.05) is 37.1 Å². The fourth-order valence-electron chi connectivity index (χ4n) is 3.76. The third kappa shape index (κ3) is 3.43. The molecule has 1 atom stereocenters. The van der Waals surface area contributed by atoms with E-state index in [0.717, 1.165) is 5.92 Å². The third-order valence-corrected chi connectivity index (χ3v) is 5.42. The van der Waals surface area contributed by atoms with Crippen LogP contribution in [0.4, 0.5) is 0 Å². The van der Waals surface area contributed by atoms with E-state index in [0.29, 0.717) is 11.0 Å². The van der Waals surface area contributed by atoms with Crippen molar-refractivity contribution in [3.63, 3.8) is 0 Å². The fourth-order valence-corrected chi connectivity index (χ4v) is 3.76. The van der Waals surface area contributed by atoms with Crippen LogP contribution in [-0.2, 0) is 10.2 Å². The summed E-state index contributed by atoms with van der Waals surface area (Å²) in [7, 11) is 1.43. The maximum atomic E-state index is 11.5. The van der Waals surface area contributed by atoms with Gasteiger partial charge in [0.2, 0.25) is 0 Å². The Morgan fingerprint density at radius 1 is 1.23 bits per heavy atom. The maximum absolute atomic E-state index is 11.5. The Kier molecular flexibility index (Phi) is 4.66. The molecule has 2 aliphatic carbocycles. The second-order valence-corrected chi connectivity index (χ2v) is 6.89. The average Bonchev–Trinajstić information content (AvgIpc) is 3.36. The van der Waals surface area contributed by atoms with Crippen molar-refractivity contribution in [1.82, 2.24) is 0 Å². The summed E-state index contributed by atoms with van der Waals surface area (Å²) in [5.41, 5.74) is 2.46. The standard InChI is InChI=1S/C20H26O2/c1-22-19(21)17-9-11-18(12-10-17)20(14-15-20)13-5-8-16-6-3-2-4-7-16/h2-3,9-12,16H,4-8,13-15H2,1H3. The predicted octanol–water partition coefficient (Wildman–Crippen LogP) is 5.03. The van der Waals surface area contributed by atoms with Crippen LogP contribution in [0.15, 0.2) is 36.4 Å². The molecule has 1 aromatic rings. The molecule has 3 rings (SSSR count). The van der Waals surface area contributed by atoms with Gasteiger partial charge in [0.15, 0.2) is 0 Å². The van der Waals surface area contributed by atoms with Crippen molar-refractivity contribution in [2.45, 2.75) is 56.8 Å². The molecule has 0 aromatic heterocycles. The van der Waals surface area contributed by atoms with Gasteiger partial charge in [-0.3, -0.25) is 0 Å². The number of carbonyl (C=O) groups is 1. The van der Waals surface area contributed by atoms with Gasteiger partial charge in [0.1, 0.15) is 0 Å². The van der Waals surface area contributed by atoms with E-state index in [-0.39, 0.29) is 5.97 Å². The molecule has 1 aromatic carbocycles. The van der Waals surface area contributed by atoms with Crippen LogP contribution >= 0.6 is 0 Å². The molecule has 22 heavy (non-hydrogen) atoms. The molecule has 0 aliphatic heterocycles. The van der Waals surface area contributed by atoms with E-state index in [1.807, 2.05) is 12.1 Å². The van der Waals surface area contributed by atoms with Crippen molar-refractivity contribution in [3.8, 4) is 0 Å². The Bertz CT molecular complexity index is 537. The molecule has 2 nitrogen and oxygen atoms in total. The number of benzene rings is 1. The number of hydrogen-bond donors (Lipinski definition) is 0. The highest BCUT2D eigenvalue weighted by Gasteiger charge is 2.43. The monoisotopic (exact) mass is 298 g/mol. The topological polar surface area (TPSA) is 26.3 Å². The smallest absolute Gasteiger partial charge is 0.337 e. The highest BCUT2D eigenvalue weighted by molar-refractivity contribution is 5.89. The average molecular weight is 298 g/mol. The van der Waals surface area contributed by atoms with Gasteiger partial charge in [0, 0.05) is 0 Å². The molecular formula is C20H26O2. The van der Waals surface area contributed by atoms with Gasteiger partial charge in [-0.25, -0.2) is 4.79 Å². The quantitative estimate of drug-likeness (QED) is 0.544. The first-order valence-corrected chi connectivity index (χ1v) is 8.57. The lowest BCUT2D eigenvalue weighted by Gasteiger charge is -2.20. The molecule has 0 spiro atoms. The van der Waals surface area contributed by atoms with Crippen LogP contribution in [0, 0.1) is 5.92 Å². The Morgan fingerprint density at radius 2 is 2.00 bits per heavy atom. The second-order valence-electron chi connectivity index (χ2n) is 6.89. The van der Waals surface area contributed by atoms with Crippen LogP contribution in [0.5, 0.6) is 0 Å². The van der Waals surface area contributed by atoms with Crippen molar-refractivity contribution in [2.75, 3.05) is 7.11 Å². The Hall–Kier alpha value is -1.57. The van der Waals surface area contributed by atoms with Crippen molar-refractivity contribution < 1.29 is 9.53 Å². The summed E-state index contributed by atoms with van der Waals surface area (Å²) in [6, 6.07) is 8.07. The first-order chi connectivity index (χ1) is 10.7. The zero-order valence-electron chi connectivity index (χ0n) is 13.5. The fraction of sp³-hybridized carbons (Fsp3) is 0.550. The third-order valence-electron chi connectivity index (χ3n) is 5.42. The largest absolute Gasteiger partial charge is 0.465 e. The minimum absolute atomic E-state index is 0.248. The van der Waals surface area contributed by atoms with Gasteiger partial charge < -0.3 is 4.74 Å². The SMILES string of the molecule is COC(=O)c1ccc(C2(CCCC3CC=CCC3)CC2)cc1. The van der Waals surface area contributed by atoms with Gasteiger partial charge in [0.05, 0.1) is 12.7 Å². The van der Waals surface area contributed by atoms with E-state index in [2.05, 4.69) is 24.3 Å². The van der Waals surface area contributed by atoms with Gasteiger partial charge in [-0.15, -0.1) is 0 Å². The molecule has 1 unspecified atom stereocenters. The Labute approximate surface area is 133 Å². The van der Waals surface area contributed by atoms with E-state index in [1.165, 1.54) is 64.0 Å². The summed E-state index contributed by atoms with van der Waals surface area (Å²) in [5, 5.41) is 0. The van der Waals surface area contributed by atoms with Gasteiger partial charge in [-0.2, -0.15) is 0 Å². The van der Waals surface area contributed by atoms with Crippen LogP contribution < -0.4 is 0 Å². The highest BCUT2D eigenvalue weighted by Crippen LogP contribution is 2.52. The molecule has 0 heterocycles. The minimum Gasteiger partial charge on any atom is -0.465 e. The van der Waals surface area contributed by atoms with E-state index in [1.54, 1.807) is 0 Å². The number of hydrogen-bond acceptors (Lipinski definition) is 2. The van der Waals surface area contributed by atoms with Gasteiger partial charge in [-0.05, 0) is 67.6 Å². The summed E-state index contributed by atoms with van der Waals surface area (Å²) in [6.45, 7) is 0. The van der Waals surface area contributed by atoms with Crippen LogP contribution in [0.1, 0.15) is 67.3 Å². The number of ether oxygens (including phenoxy) is 1. The predicted molar refractivity (Wildman–Crippen MR) is 89.0 cm³/mol. The van der Waals surface area contributed by atoms with Gasteiger partial charge in [0.25, 0.3) is 0 Å². The Morgan fingerprint density at radius 3 is 2.59 bits per heavy atom. The van der Waals surface area contributed by atoms with Crippen molar-refractivity contribution >= 4 is 5.97 Å². The van der Waals surface area contributed by atoms with Crippen molar-refractivity contribution in [1.29, 1.82) is 0 Å². The second kappa shape index (κ2) is 6.68. The number of allylic oxidation sites excluding steroid dienone is 2. The van der Waals surface area contributed by atoms with E-state index < -0.39 is 0 Å². The van der Waals surface area contributed by atoms with E-state index >= 15 is 0 Å². The van der Waals surface area contributed by atoms with Crippen molar-refractivity contribution in [3.05, 3.63) is 47.5 Å². The molecule has 0 saturated heterocycles. The zero-order valence-corrected chi connectivity index (χ0v) is 13.5. The zero-order chi connectivity index (χ0) is 15.4. The van der Waals surface area contributed by atoms with Crippen LogP contribution in [-0.4, -0.2) is 13.1 Å². The number of rotatable bonds is 6. The summed E-state index contributed by atoms with van der Waals surface area (Å²) >= 11 is 0. The van der Waals surface area contributed by atoms with Crippen molar-refractivity contribution in [2.24, 2.45) is 5.92 Å².